The van der Waals surface area contributed by atoms with Crippen LogP contribution < -0.4 is 4.90 Å². The zero-order chi connectivity index (χ0) is 10.1. The maximum absolute atomic E-state index is 12.8. The molecule has 0 aromatic heterocycles. The fourth-order valence-electron chi connectivity index (χ4n) is 1.22. The third-order valence-electron chi connectivity index (χ3n) is 1.82. The molecule has 0 bridgehead atoms. The normalized spacial score (nSPS) is 16.5. The number of anilines is 1. The van der Waals surface area contributed by atoms with Crippen molar-refractivity contribution in [1.29, 1.82) is 0 Å². The summed E-state index contributed by atoms with van der Waals surface area (Å²) in [6.45, 7) is 0. The van der Waals surface area contributed by atoms with E-state index in [1.54, 1.807) is 0 Å². The van der Waals surface area contributed by atoms with Crippen LogP contribution in [0.15, 0.2) is 24.3 Å². The minimum absolute atomic E-state index is 0.134. The van der Waals surface area contributed by atoms with E-state index in [2.05, 4.69) is 0 Å². The second-order valence-electron chi connectivity index (χ2n) is 2.76. The van der Waals surface area contributed by atoms with Crippen LogP contribution in [0.3, 0.4) is 0 Å². The lowest BCUT2D eigenvalue weighted by molar-refractivity contribution is -0.115. The molecule has 0 aliphatic carbocycles. The van der Waals surface area contributed by atoms with Gasteiger partial charge >= 0.3 is 0 Å². The first-order valence-electron chi connectivity index (χ1n) is 3.94. The highest BCUT2D eigenvalue weighted by Gasteiger charge is 2.31. The first kappa shape index (κ1) is 9.21. The summed E-state index contributed by atoms with van der Waals surface area (Å²) in [4.78, 5) is 23.5. The lowest BCUT2D eigenvalue weighted by atomic mass is 10.3. The van der Waals surface area contributed by atoms with Crippen LogP contribution in [0.2, 0.25) is 0 Å². The van der Waals surface area contributed by atoms with Crippen molar-refractivity contribution in [3.63, 3.8) is 0 Å². The van der Waals surface area contributed by atoms with E-state index in [1.165, 1.54) is 24.3 Å². The molecule has 1 aromatic carbocycles. The zero-order valence-electron chi connectivity index (χ0n) is 7.07. The number of halogens is 1. The van der Waals surface area contributed by atoms with Crippen molar-refractivity contribution < 1.29 is 14.0 Å². The van der Waals surface area contributed by atoms with E-state index in [-0.39, 0.29) is 16.9 Å². The lowest BCUT2D eigenvalue weighted by Gasteiger charge is -2.11. The molecule has 2 rings (SSSR count). The van der Waals surface area contributed by atoms with Crippen LogP contribution in [0, 0.1) is 5.82 Å². The molecule has 5 heteroatoms. The number of carbonyl (C=O) groups is 2. The van der Waals surface area contributed by atoms with Crippen molar-refractivity contribution in [2.45, 2.75) is 0 Å². The third-order valence-corrected chi connectivity index (χ3v) is 2.64. The van der Waals surface area contributed by atoms with Crippen molar-refractivity contribution in [1.82, 2.24) is 0 Å². The van der Waals surface area contributed by atoms with E-state index in [9.17, 15) is 14.0 Å². The summed E-state index contributed by atoms with van der Waals surface area (Å²) in [5, 5.41) is -0.347. The fourth-order valence-corrected chi connectivity index (χ4v) is 1.93. The first-order valence-corrected chi connectivity index (χ1v) is 4.92. The Morgan fingerprint density at radius 1 is 1.36 bits per heavy atom. The molecule has 0 saturated carbocycles. The minimum Gasteiger partial charge on any atom is -0.273 e. The van der Waals surface area contributed by atoms with Gasteiger partial charge in [0, 0.05) is 0 Å². The Morgan fingerprint density at radius 3 is 2.71 bits per heavy atom. The predicted octanol–water partition coefficient (Wildman–Crippen LogP) is 2.03. The number of rotatable bonds is 1. The molecule has 1 aliphatic rings. The maximum atomic E-state index is 12.8. The first-order chi connectivity index (χ1) is 6.68. The molecule has 1 fully saturated rings. The van der Waals surface area contributed by atoms with Crippen LogP contribution in [-0.2, 0) is 4.79 Å². The van der Waals surface area contributed by atoms with E-state index in [4.69, 9.17) is 0 Å². The van der Waals surface area contributed by atoms with Gasteiger partial charge in [0.1, 0.15) is 5.82 Å². The number of imide groups is 1. The highest BCUT2D eigenvalue weighted by atomic mass is 32.2. The Balaban J connectivity index is 2.39. The molecular weight excluding hydrogens is 205 g/mol. The Labute approximate surface area is 83.9 Å². The maximum Gasteiger partial charge on any atom is 0.293 e. The summed E-state index contributed by atoms with van der Waals surface area (Å²) < 4.78 is 12.8. The van der Waals surface area contributed by atoms with Gasteiger partial charge in [-0.15, -0.1) is 0 Å². The van der Waals surface area contributed by atoms with Crippen LogP contribution >= 0.6 is 11.8 Å². The topological polar surface area (TPSA) is 37.4 Å². The molecule has 0 atom stereocenters. The molecule has 2 amide bonds. The van der Waals surface area contributed by atoms with Crippen LogP contribution in [0.5, 0.6) is 0 Å². The molecule has 1 aliphatic heterocycles. The Bertz CT molecular complexity index is 392. The molecule has 1 aromatic rings. The van der Waals surface area contributed by atoms with E-state index in [0.29, 0.717) is 5.69 Å². The molecule has 1 saturated heterocycles. The summed E-state index contributed by atoms with van der Waals surface area (Å²) >= 11 is 0.929. The van der Waals surface area contributed by atoms with Crippen molar-refractivity contribution in [3.8, 4) is 0 Å². The second kappa shape index (κ2) is 3.42. The van der Waals surface area contributed by atoms with Gasteiger partial charge in [-0.2, -0.15) is 0 Å². The van der Waals surface area contributed by atoms with E-state index in [1.807, 2.05) is 0 Å². The van der Waals surface area contributed by atoms with Gasteiger partial charge in [-0.05, 0) is 18.2 Å². The van der Waals surface area contributed by atoms with Gasteiger partial charge in [-0.1, -0.05) is 17.8 Å². The van der Waals surface area contributed by atoms with Gasteiger partial charge in [-0.3, -0.25) is 9.59 Å². The van der Waals surface area contributed by atoms with E-state index >= 15 is 0 Å². The summed E-state index contributed by atoms with van der Waals surface area (Å²) in [6.07, 6.45) is 0. The quantitative estimate of drug-likeness (QED) is 0.713. The van der Waals surface area contributed by atoms with E-state index < -0.39 is 5.82 Å². The Hall–Kier alpha value is -1.36. The standard InChI is InChI=1S/C9H6FNO2S/c10-6-2-1-3-7(4-6)11-8(12)5-14-9(11)13/h1-4H,5H2. The highest BCUT2D eigenvalue weighted by molar-refractivity contribution is 8.15. The van der Waals surface area contributed by atoms with Crippen molar-refractivity contribution >= 4 is 28.6 Å². The third kappa shape index (κ3) is 1.50. The SMILES string of the molecule is O=C1CSC(=O)N1c1cccc(F)c1. The number of thioether (sulfide) groups is 1. The molecule has 0 spiro atoms. The van der Waals surface area contributed by atoms with Crippen LogP contribution in [0.25, 0.3) is 0 Å². The summed E-state index contributed by atoms with van der Waals surface area (Å²) in [7, 11) is 0. The summed E-state index contributed by atoms with van der Waals surface area (Å²) in [6, 6.07) is 5.43. The highest BCUT2D eigenvalue weighted by Crippen LogP contribution is 2.26. The average Bonchev–Trinajstić information content (AvgIpc) is 2.46. The van der Waals surface area contributed by atoms with Crippen LogP contribution in [0.4, 0.5) is 14.9 Å². The van der Waals surface area contributed by atoms with Crippen molar-refractivity contribution in [2.75, 3.05) is 10.7 Å². The number of nitrogens with zero attached hydrogens (tertiary/aromatic N) is 1. The molecule has 0 N–H and O–H groups in total. The molecule has 3 nitrogen and oxygen atoms in total. The fraction of sp³-hybridized carbons (Fsp3) is 0.111. The van der Waals surface area contributed by atoms with Crippen molar-refractivity contribution in [3.05, 3.63) is 30.1 Å². The number of hydrogen-bond donors (Lipinski definition) is 0. The van der Waals surface area contributed by atoms with Crippen LogP contribution in [-0.4, -0.2) is 16.9 Å². The minimum atomic E-state index is -0.458. The Morgan fingerprint density at radius 2 is 2.14 bits per heavy atom. The summed E-state index contributed by atoms with van der Waals surface area (Å²) in [5.74, 6) is -0.624. The second-order valence-corrected chi connectivity index (χ2v) is 3.69. The molecule has 14 heavy (non-hydrogen) atoms. The summed E-state index contributed by atoms with van der Waals surface area (Å²) in [5.41, 5.74) is 0.296. The van der Waals surface area contributed by atoms with E-state index in [0.717, 1.165) is 16.7 Å². The molecule has 1 heterocycles. The predicted molar refractivity (Wildman–Crippen MR) is 51.7 cm³/mol. The molecule has 72 valence electrons. The lowest BCUT2D eigenvalue weighted by Crippen LogP contribution is -2.28. The molecule has 0 radical (unpaired) electrons. The monoisotopic (exact) mass is 211 g/mol. The average molecular weight is 211 g/mol. The molecular formula is C9H6FNO2S. The smallest absolute Gasteiger partial charge is 0.273 e. The van der Waals surface area contributed by atoms with Gasteiger partial charge in [0.25, 0.3) is 5.24 Å². The van der Waals surface area contributed by atoms with Gasteiger partial charge in [0.15, 0.2) is 0 Å². The van der Waals surface area contributed by atoms with Gasteiger partial charge in [0.2, 0.25) is 5.91 Å². The number of carbonyl (C=O) groups excluding carboxylic acids is 2. The van der Waals surface area contributed by atoms with Crippen molar-refractivity contribution in [2.24, 2.45) is 0 Å². The zero-order valence-corrected chi connectivity index (χ0v) is 7.88. The Kier molecular flexibility index (Phi) is 2.25. The molecule has 0 unspecified atom stereocenters. The number of hydrogen-bond acceptors (Lipinski definition) is 3. The van der Waals surface area contributed by atoms with Gasteiger partial charge in [-0.25, -0.2) is 9.29 Å². The number of amides is 2. The largest absolute Gasteiger partial charge is 0.293 e. The van der Waals surface area contributed by atoms with Gasteiger partial charge < -0.3 is 0 Å². The number of benzene rings is 1. The van der Waals surface area contributed by atoms with Crippen LogP contribution in [0.1, 0.15) is 0 Å². The van der Waals surface area contributed by atoms with Gasteiger partial charge in [0.05, 0.1) is 11.4 Å².